The highest BCUT2D eigenvalue weighted by atomic mass is 35.5. The van der Waals surface area contributed by atoms with E-state index in [1.165, 1.54) is 18.2 Å². The Morgan fingerprint density at radius 1 is 1.60 bits per heavy atom. The molecule has 0 bridgehead atoms. The van der Waals surface area contributed by atoms with Crippen LogP contribution in [0.25, 0.3) is 0 Å². The summed E-state index contributed by atoms with van der Waals surface area (Å²) in [5.74, 6) is 1.01. The Morgan fingerprint density at radius 3 is 2.93 bits per heavy atom. The van der Waals surface area contributed by atoms with Crippen molar-refractivity contribution in [3.63, 3.8) is 0 Å². The zero-order valence-electron chi connectivity index (χ0n) is 8.10. The number of halogens is 1. The Balaban J connectivity index is 2.82. The van der Waals surface area contributed by atoms with Crippen molar-refractivity contribution < 1.29 is 9.66 Å². The van der Waals surface area contributed by atoms with Crippen LogP contribution in [0.3, 0.4) is 0 Å². The van der Waals surface area contributed by atoms with Gasteiger partial charge in [0.05, 0.1) is 11.5 Å². The summed E-state index contributed by atoms with van der Waals surface area (Å²) in [5.41, 5.74) is -0.0551. The highest BCUT2D eigenvalue weighted by Gasteiger charge is 2.14. The number of nitro groups is 1. The first kappa shape index (κ1) is 12.1. The normalized spacial score (nSPS) is 10.0. The van der Waals surface area contributed by atoms with Gasteiger partial charge in [0.1, 0.15) is 0 Å². The lowest BCUT2D eigenvalue weighted by atomic mass is 10.3. The van der Waals surface area contributed by atoms with Crippen molar-refractivity contribution in [2.45, 2.75) is 0 Å². The van der Waals surface area contributed by atoms with Crippen LogP contribution in [-0.4, -0.2) is 23.5 Å². The van der Waals surface area contributed by atoms with E-state index in [1.54, 1.807) is 11.8 Å². The lowest BCUT2D eigenvalue weighted by molar-refractivity contribution is -0.385. The van der Waals surface area contributed by atoms with Crippen molar-refractivity contribution in [1.29, 1.82) is 0 Å². The number of ether oxygens (including phenoxy) is 1. The maximum absolute atomic E-state index is 10.6. The molecule has 0 aliphatic heterocycles. The monoisotopic (exact) mass is 247 g/mol. The summed E-state index contributed by atoms with van der Waals surface area (Å²) in [7, 11) is 0. The standard InChI is InChI=1S/C9H10ClNO3S/c1-15-5-4-14-9-6-7(10)2-3-8(9)11(12)13/h2-3,6H,4-5H2,1H3. The fraction of sp³-hybridized carbons (Fsp3) is 0.333. The summed E-state index contributed by atoms with van der Waals surface area (Å²) in [6.07, 6.45) is 1.94. The van der Waals surface area contributed by atoms with Gasteiger partial charge in [0, 0.05) is 22.9 Å². The molecule has 0 saturated carbocycles. The number of nitro benzene ring substituents is 1. The van der Waals surface area contributed by atoms with Crippen molar-refractivity contribution >= 4 is 29.1 Å². The third kappa shape index (κ3) is 3.60. The van der Waals surface area contributed by atoms with Gasteiger partial charge in [-0.25, -0.2) is 0 Å². The first-order valence-electron chi connectivity index (χ1n) is 4.21. The highest BCUT2D eigenvalue weighted by molar-refractivity contribution is 7.98. The van der Waals surface area contributed by atoms with Gasteiger partial charge in [-0.05, 0) is 12.3 Å². The van der Waals surface area contributed by atoms with Gasteiger partial charge in [-0.1, -0.05) is 11.6 Å². The molecule has 82 valence electrons. The molecule has 0 N–H and O–H groups in total. The molecule has 0 amide bonds. The molecule has 1 rings (SSSR count). The van der Waals surface area contributed by atoms with Gasteiger partial charge in [0.2, 0.25) is 0 Å². The smallest absolute Gasteiger partial charge is 0.311 e. The van der Waals surface area contributed by atoms with Gasteiger partial charge >= 0.3 is 5.69 Å². The van der Waals surface area contributed by atoms with Gasteiger partial charge in [-0.2, -0.15) is 11.8 Å². The van der Waals surface area contributed by atoms with E-state index in [0.717, 1.165) is 5.75 Å². The Labute approximate surface area is 96.7 Å². The number of benzene rings is 1. The van der Waals surface area contributed by atoms with Crippen LogP contribution < -0.4 is 4.74 Å². The Kier molecular flexibility index (Phi) is 4.71. The number of hydrogen-bond acceptors (Lipinski definition) is 4. The summed E-state index contributed by atoms with van der Waals surface area (Å²) in [6.45, 7) is 0.433. The molecule has 0 aliphatic rings. The summed E-state index contributed by atoms with van der Waals surface area (Å²) >= 11 is 7.34. The van der Waals surface area contributed by atoms with Crippen molar-refractivity contribution in [1.82, 2.24) is 0 Å². The fourth-order valence-corrected chi connectivity index (χ4v) is 1.40. The predicted molar refractivity (Wildman–Crippen MR) is 62.0 cm³/mol. The first-order chi connectivity index (χ1) is 7.15. The molecule has 6 heteroatoms. The Bertz CT molecular complexity index is 359. The second-order valence-corrected chi connectivity index (χ2v) is 4.13. The molecule has 0 heterocycles. The Morgan fingerprint density at radius 2 is 2.33 bits per heavy atom. The number of rotatable bonds is 5. The average molecular weight is 248 g/mol. The molecule has 0 spiro atoms. The topological polar surface area (TPSA) is 52.4 Å². The second kappa shape index (κ2) is 5.82. The summed E-state index contributed by atoms with van der Waals surface area (Å²) in [4.78, 5) is 10.2. The molecule has 0 fully saturated rings. The maximum Gasteiger partial charge on any atom is 0.311 e. The van der Waals surface area contributed by atoms with Crippen molar-refractivity contribution in [2.24, 2.45) is 0 Å². The van der Waals surface area contributed by atoms with Crippen LogP contribution >= 0.6 is 23.4 Å². The second-order valence-electron chi connectivity index (χ2n) is 2.71. The zero-order valence-corrected chi connectivity index (χ0v) is 9.68. The molecule has 1 aromatic carbocycles. The lowest BCUT2D eigenvalue weighted by Gasteiger charge is -2.05. The van der Waals surface area contributed by atoms with Crippen LogP contribution in [0.1, 0.15) is 0 Å². The molecule has 0 aliphatic carbocycles. The fourth-order valence-electron chi connectivity index (χ4n) is 0.989. The third-order valence-corrected chi connectivity index (χ3v) is 2.47. The molecule has 4 nitrogen and oxygen atoms in total. The number of nitrogens with zero attached hydrogens (tertiary/aromatic N) is 1. The molecular weight excluding hydrogens is 238 g/mol. The van der Waals surface area contributed by atoms with Crippen LogP contribution in [0.15, 0.2) is 18.2 Å². The van der Waals surface area contributed by atoms with Gasteiger partial charge in [-0.15, -0.1) is 0 Å². The third-order valence-electron chi connectivity index (χ3n) is 1.66. The SMILES string of the molecule is CSCCOc1cc(Cl)ccc1[N+](=O)[O-]. The van der Waals surface area contributed by atoms with Crippen LogP contribution in [0, 0.1) is 10.1 Å². The van der Waals surface area contributed by atoms with Crippen molar-refractivity contribution in [2.75, 3.05) is 18.6 Å². The highest BCUT2D eigenvalue weighted by Crippen LogP contribution is 2.29. The van der Waals surface area contributed by atoms with Gasteiger partial charge < -0.3 is 4.74 Å². The van der Waals surface area contributed by atoms with Gasteiger partial charge in [0.25, 0.3) is 0 Å². The summed E-state index contributed by atoms with van der Waals surface area (Å²) in [6, 6.07) is 4.28. The van der Waals surface area contributed by atoms with E-state index in [4.69, 9.17) is 16.3 Å². The van der Waals surface area contributed by atoms with Crippen LogP contribution in [0.5, 0.6) is 5.75 Å². The van der Waals surface area contributed by atoms with Gasteiger partial charge in [-0.3, -0.25) is 10.1 Å². The van der Waals surface area contributed by atoms with Gasteiger partial charge in [0.15, 0.2) is 5.75 Å². The molecule has 0 aromatic heterocycles. The molecule has 0 atom stereocenters. The van der Waals surface area contributed by atoms with E-state index in [1.807, 2.05) is 6.26 Å². The largest absolute Gasteiger partial charge is 0.486 e. The van der Waals surface area contributed by atoms with E-state index in [-0.39, 0.29) is 11.4 Å². The summed E-state index contributed by atoms with van der Waals surface area (Å²) < 4.78 is 5.27. The van der Waals surface area contributed by atoms with E-state index < -0.39 is 4.92 Å². The minimum absolute atomic E-state index is 0.0551. The molecule has 1 aromatic rings. The van der Waals surface area contributed by atoms with Crippen LogP contribution in [-0.2, 0) is 0 Å². The summed E-state index contributed by atoms with van der Waals surface area (Å²) in [5, 5.41) is 11.1. The van der Waals surface area contributed by atoms with Crippen molar-refractivity contribution in [3.8, 4) is 5.75 Å². The van der Waals surface area contributed by atoms with E-state index in [9.17, 15) is 10.1 Å². The average Bonchev–Trinajstić information content (AvgIpc) is 2.18. The van der Waals surface area contributed by atoms with E-state index in [2.05, 4.69) is 0 Å². The molecule has 0 saturated heterocycles. The van der Waals surface area contributed by atoms with Crippen LogP contribution in [0.4, 0.5) is 5.69 Å². The van der Waals surface area contributed by atoms with Crippen molar-refractivity contribution in [3.05, 3.63) is 33.3 Å². The number of thioether (sulfide) groups is 1. The quantitative estimate of drug-likeness (QED) is 0.456. The van der Waals surface area contributed by atoms with E-state index >= 15 is 0 Å². The minimum Gasteiger partial charge on any atom is -0.486 e. The van der Waals surface area contributed by atoms with Crippen LogP contribution in [0.2, 0.25) is 5.02 Å². The number of hydrogen-bond donors (Lipinski definition) is 0. The maximum atomic E-state index is 10.6. The lowest BCUT2D eigenvalue weighted by Crippen LogP contribution is -2.02. The Hall–Kier alpha value is -0.940. The zero-order chi connectivity index (χ0) is 11.3. The predicted octanol–water partition coefficient (Wildman–Crippen LogP) is 2.99. The molecule has 0 unspecified atom stereocenters. The minimum atomic E-state index is -0.481. The molecular formula is C9H10ClNO3S. The molecule has 15 heavy (non-hydrogen) atoms. The first-order valence-corrected chi connectivity index (χ1v) is 5.98. The van der Waals surface area contributed by atoms with E-state index in [0.29, 0.717) is 11.6 Å². The molecule has 0 radical (unpaired) electrons.